The van der Waals surface area contributed by atoms with Gasteiger partial charge in [0.15, 0.2) is 5.65 Å². The zero-order valence-electron chi connectivity index (χ0n) is 14.1. The Morgan fingerprint density at radius 2 is 2.08 bits per heavy atom. The summed E-state index contributed by atoms with van der Waals surface area (Å²) in [5, 5.41) is 5.24. The summed E-state index contributed by atoms with van der Waals surface area (Å²) in [7, 11) is 1.90. The summed E-state index contributed by atoms with van der Waals surface area (Å²) >= 11 is 0. The number of carbonyl (C=O) groups is 1. The molecule has 6 nitrogen and oxygen atoms in total. The van der Waals surface area contributed by atoms with Gasteiger partial charge in [-0.2, -0.15) is 5.10 Å². The summed E-state index contributed by atoms with van der Waals surface area (Å²) < 4.78 is 1.78. The Balaban J connectivity index is 1.51. The Kier molecular flexibility index (Phi) is 3.13. The van der Waals surface area contributed by atoms with Crippen molar-refractivity contribution in [2.24, 2.45) is 13.0 Å². The minimum absolute atomic E-state index is 0.272. The molecule has 4 heterocycles. The van der Waals surface area contributed by atoms with Crippen molar-refractivity contribution in [3.05, 3.63) is 42.0 Å². The molecule has 1 fully saturated rings. The van der Waals surface area contributed by atoms with Crippen LogP contribution in [0.1, 0.15) is 24.1 Å². The number of nitrogens with zero attached hydrogens (tertiary/aromatic N) is 5. The number of fused-ring (bicyclic) bond motifs is 2. The number of amides is 1. The van der Waals surface area contributed by atoms with Gasteiger partial charge in [0.1, 0.15) is 0 Å². The molecule has 1 amide bonds. The van der Waals surface area contributed by atoms with Gasteiger partial charge < -0.3 is 4.90 Å². The Morgan fingerprint density at radius 3 is 2.84 bits per heavy atom. The molecule has 0 radical (unpaired) electrons. The summed E-state index contributed by atoms with van der Waals surface area (Å²) in [5.41, 5.74) is 5.07. The molecule has 0 aromatic carbocycles. The zero-order chi connectivity index (χ0) is 17.0. The summed E-state index contributed by atoms with van der Waals surface area (Å²) in [6.45, 7) is 1.44. The fourth-order valence-corrected chi connectivity index (χ4v) is 3.53. The van der Waals surface area contributed by atoms with E-state index in [4.69, 9.17) is 4.98 Å². The molecule has 126 valence electrons. The first-order chi connectivity index (χ1) is 12.2. The summed E-state index contributed by atoms with van der Waals surface area (Å²) in [5.74, 6) is 0.585. The van der Waals surface area contributed by atoms with E-state index in [2.05, 4.69) is 22.2 Å². The fraction of sp³-hybridized carbons (Fsp3) is 0.368. The Bertz CT molecular complexity index is 989. The highest BCUT2D eigenvalue weighted by molar-refractivity contribution is 5.83. The van der Waals surface area contributed by atoms with Crippen molar-refractivity contribution in [1.29, 1.82) is 0 Å². The van der Waals surface area contributed by atoms with Crippen molar-refractivity contribution in [2.45, 2.75) is 25.8 Å². The number of pyridine rings is 2. The van der Waals surface area contributed by atoms with E-state index in [0.29, 0.717) is 12.5 Å². The SMILES string of the molecule is Cn1cc(-c2cnc3nc4c(cc3c2)CN(C(=O)C2CC2)CC4)cn1. The second-order valence-electron chi connectivity index (χ2n) is 7.05. The van der Waals surface area contributed by atoms with Gasteiger partial charge in [-0.1, -0.05) is 0 Å². The summed E-state index contributed by atoms with van der Waals surface area (Å²) in [6, 6.07) is 4.26. The Hall–Kier alpha value is -2.76. The van der Waals surface area contributed by atoms with Crippen molar-refractivity contribution in [3.8, 4) is 11.1 Å². The maximum atomic E-state index is 12.4. The number of carbonyl (C=O) groups excluding carboxylic acids is 1. The molecule has 1 aliphatic heterocycles. The molecule has 1 aliphatic carbocycles. The lowest BCUT2D eigenvalue weighted by atomic mass is 10.0. The number of hydrogen-bond donors (Lipinski definition) is 0. The van der Waals surface area contributed by atoms with Crippen LogP contribution in [0, 0.1) is 5.92 Å². The molecule has 3 aromatic heterocycles. The molecular formula is C19H19N5O. The van der Waals surface area contributed by atoms with Gasteiger partial charge in [-0.15, -0.1) is 0 Å². The van der Waals surface area contributed by atoms with Gasteiger partial charge in [-0.25, -0.2) is 9.97 Å². The van der Waals surface area contributed by atoms with Gasteiger partial charge in [-0.05, 0) is 30.5 Å². The van der Waals surface area contributed by atoms with E-state index in [1.807, 2.05) is 30.5 Å². The van der Waals surface area contributed by atoms with E-state index in [1.54, 1.807) is 4.68 Å². The molecule has 25 heavy (non-hydrogen) atoms. The van der Waals surface area contributed by atoms with E-state index >= 15 is 0 Å². The third-order valence-electron chi connectivity index (χ3n) is 5.09. The fourth-order valence-electron chi connectivity index (χ4n) is 3.53. The second-order valence-corrected chi connectivity index (χ2v) is 7.05. The molecule has 1 saturated carbocycles. The van der Waals surface area contributed by atoms with Gasteiger partial charge in [0.25, 0.3) is 0 Å². The molecule has 0 saturated heterocycles. The molecule has 6 heteroatoms. The first kappa shape index (κ1) is 14.6. The first-order valence-electron chi connectivity index (χ1n) is 8.74. The predicted octanol–water partition coefficient (Wildman–Crippen LogP) is 2.33. The summed E-state index contributed by atoms with van der Waals surface area (Å²) in [4.78, 5) is 23.6. The number of aromatic nitrogens is 4. The molecular weight excluding hydrogens is 314 g/mol. The van der Waals surface area contributed by atoms with Crippen molar-refractivity contribution < 1.29 is 4.79 Å². The molecule has 0 unspecified atom stereocenters. The van der Waals surface area contributed by atoms with E-state index in [1.165, 1.54) is 0 Å². The Morgan fingerprint density at radius 1 is 1.20 bits per heavy atom. The lowest BCUT2D eigenvalue weighted by molar-refractivity contribution is -0.133. The molecule has 0 bridgehead atoms. The van der Waals surface area contributed by atoms with Crippen molar-refractivity contribution >= 4 is 16.9 Å². The number of rotatable bonds is 2. The highest BCUT2D eigenvalue weighted by Crippen LogP contribution is 2.33. The number of aryl methyl sites for hydroxylation is 1. The molecule has 3 aromatic rings. The van der Waals surface area contributed by atoms with Gasteiger partial charge in [0, 0.05) is 67.1 Å². The van der Waals surface area contributed by atoms with E-state index in [0.717, 1.165) is 59.2 Å². The zero-order valence-corrected chi connectivity index (χ0v) is 14.1. The van der Waals surface area contributed by atoms with Crippen molar-refractivity contribution in [1.82, 2.24) is 24.6 Å². The average molecular weight is 333 g/mol. The largest absolute Gasteiger partial charge is 0.338 e. The van der Waals surface area contributed by atoms with Crippen LogP contribution >= 0.6 is 0 Å². The molecule has 0 spiro atoms. The highest BCUT2D eigenvalue weighted by atomic mass is 16.2. The minimum Gasteiger partial charge on any atom is -0.338 e. The third kappa shape index (κ3) is 2.58. The summed E-state index contributed by atoms with van der Waals surface area (Å²) in [6.07, 6.45) is 8.59. The second kappa shape index (κ2) is 5.37. The average Bonchev–Trinajstić information content (AvgIpc) is 3.39. The van der Waals surface area contributed by atoms with Crippen LogP contribution in [-0.2, 0) is 24.8 Å². The highest BCUT2D eigenvalue weighted by Gasteiger charge is 2.34. The lowest BCUT2D eigenvalue weighted by Gasteiger charge is -2.28. The van der Waals surface area contributed by atoms with Crippen LogP contribution in [0.25, 0.3) is 22.2 Å². The van der Waals surface area contributed by atoms with Crippen LogP contribution in [0.2, 0.25) is 0 Å². The van der Waals surface area contributed by atoms with Crippen LogP contribution in [0.15, 0.2) is 30.7 Å². The van der Waals surface area contributed by atoms with E-state index in [9.17, 15) is 4.79 Å². The van der Waals surface area contributed by atoms with Crippen LogP contribution in [0.5, 0.6) is 0 Å². The maximum absolute atomic E-state index is 12.4. The van der Waals surface area contributed by atoms with Crippen LogP contribution in [0.4, 0.5) is 0 Å². The molecule has 2 aliphatic rings. The standard InChI is InChI=1S/C19H19N5O/c1-23-10-16(9-21-23)14-6-13-7-15-11-24(19(25)12-2-3-12)5-4-17(15)22-18(13)20-8-14/h6-10,12H,2-5,11H2,1H3. The van der Waals surface area contributed by atoms with Gasteiger partial charge in [0.05, 0.1) is 6.20 Å². The lowest BCUT2D eigenvalue weighted by Crippen LogP contribution is -2.37. The first-order valence-corrected chi connectivity index (χ1v) is 8.74. The molecule has 0 N–H and O–H groups in total. The maximum Gasteiger partial charge on any atom is 0.225 e. The quantitative estimate of drug-likeness (QED) is 0.722. The topological polar surface area (TPSA) is 63.9 Å². The Labute approximate surface area is 145 Å². The smallest absolute Gasteiger partial charge is 0.225 e. The minimum atomic E-state index is 0.272. The van der Waals surface area contributed by atoms with Crippen molar-refractivity contribution in [2.75, 3.05) is 6.54 Å². The van der Waals surface area contributed by atoms with E-state index in [-0.39, 0.29) is 5.92 Å². The third-order valence-corrected chi connectivity index (χ3v) is 5.09. The van der Waals surface area contributed by atoms with Crippen LogP contribution < -0.4 is 0 Å². The van der Waals surface area contributed by atoms with Gasteiger partial charge in [-0.3, -0.25) is 9.48 Å². The predicted molar refractivity (Wildman–Crippen MR) is 93.6 cm³/mol. The van der Waals surface area contributed by atoms with E-state index < -0.39 is 0 Å². The van der Waals surface area contributed by atoms with Gasteiger partial charge >= 0.3 is 0 Å². The monoisotopic (exact) mass is 333 g/mol. The number of hydrogen-bond acceptors (Lipinski definition) is 4. The van der Waals surface area contributed by atoms with Gasteiger partial charge in [0.2, 0.25) is 5.91 Å². The normalized spacial score (nSPS) is 16.9. The van der Waals surface area contributed by atoms with Crippen LogP contribution in [0.3, 0.4) is 0 Å². The molecule has 5 rings (SSSR count). The molecule has 0 atom stereocenters. The van der Waals surface area contributed by atoms with Crippen molar-refractivity contribution in [3.63, 3.8) is 0 Å². The van der Waals surface area contributed by atoms with Crippen LogP contribution in [-0.4, -0.2) is 37.1 Å².